The summed E-state index contributed by atoms with van der Waals surface area (Å²) < 4.78 is 16.1. The van der Waals surface area contributed by atoms with Crippen molar-refractivity contribution in [3.63, 3.8) is 0 Å². The maximum Gasteiger partial charge on any atom is 0.0781 e. The average molecular weight is 219 g/mol. The molecule has 0 bridgehead atoms. The zero-order chi connectivity index (χ0) is 11.5. The van der Waals surface area contributed by atoms with Gasteiger partial charge in [-0.2, -0.15) is 0 Å². The first-order valence-corrected chi connectivity index (χ1v) is 5.69. The Morgan fingerprint density at radius 3 is 2.27 bits per heavy atom. The number of hydrogen-bond acceptors (Lipinski definition) is 4. The minimum atomic E-state index is 0.0929. The van der Waals surface area contributed by atoms with Crippen molar-refractivity contribution in [2.24, 2.45) is 5.73 Å². The maximum atomic E-state index is 5.53. The van der Waals surface area contributed by atoms with Crippen LogP contribution in [0, 0.1) is 0 Å². The van der Waals surface area contributed by atoms with Gasteiger partial charge in [-0.25, -0.2) is 0 Å². The summed E-state index contributed by atoms with van der Waals surface area (Å²) in [4.78, 5) is 0. The summed E-state index contributed by atoms with van der Waals surface area (Å²) in [5.74, 6) is 0. The number of rotatable bonds is 10. The van der Waals surface area contributed by atoms with Crippen LogP contribution < -0.4 is 5.73 Å². The van der Waals surface area contributed by atoms with Gasteiger partial charge in [-0.1, -0.05) is 6.92 Å². The standard InChI is InChI=1S/C11H25NO3/c1-4-5-13-9-11(3)15-7-6-14-8-10(2)12/h10-11H,4-9,12H2,1-3H3. The Hall–Kier alpha value is -0.160. The SMILES string of the molecule is CCCOCC(C)OCCOCC(C)N. The van der Waals surface area contributed by atoms with Crippen molar-refractivity contribution < 1.29 is 14.2 Å². The summed E-state index contributed by atoms with van der Waals surface area (Å²) in [6.45, 7) is 9.25. The smallest absolute Gasteiger partial charge is 0.0781 e. The lowest BCUT2D eigenvalue weighted by Gasteiger charge is -2.13. The van der Waals surface area contributed by atoms with E-state index in [1.807, 2.05) is 13.8 Å². The van der Waals surface area contributed by atoms with Crippen LogP contribution in [-0.2, 0) is 14.2 Å². The van der Waals surface area contributed by atoms with Crippen molar-refractivity contribution in [2.45, 2.75) is 39.3 Å². The van der Waals surface area contributed by atoms with Crippen molar-refractivity contribution >= 4 is 0 Å². The lowest BCUT2D eigenvalue weighted by molar-refractivity contribution is -0.0304. The molecule has 2 atom stereocenters. The van der Waals surface area contributed by atoms with E-state index in [-0.39, 0.29) is 12.1 Å². The topological polar surface area (TPSA) is 53.7 Å². The molecular formula is C11H25NO3. The molecule has 0 amide bonds. The first-order chi connectivity index (χ1) is 7.16. The second-order valence-corrected chi connectivity index (χ2v) is 3.81. The first-order valence-electron chi connectivity index (χ1n) is 5.69. The molecule has 0 saturated carbocycles. The first kappa shape index (κ1) is 14.8. The van der Waals surface area contributed by atoms with E-state index in [0.717, 1.165) is 13.0 Å². The number of nitrogens with two attached hydrogens (primary N) is 1. The van der Waals surface area contributed by atoms with Crippen molar-refractivity contribution in [2.75, 3.05) is 33.0 Å². The summed E-state index contributed by atoms with van der Waals surface area (Å²) in [6.07, 6.45) is 1.18. The van der Waals surface area contributed by atoms with Gasteiger partial charge in [0.2, 0.25) is 0 Å². The fourth-order valence-corrected chi connectivity index (χ4v) is 1.02. The van der Waals surface area contributed by atoms with Crippen molar-refractivity contribution in [3.05, 3.63) is 0 Å². The summed E-state index contributed by atoms with van der Waals surface area (Å²) in [6, 6.07) is 0.0929. The van der Waals surface area contributed by atoms with Gasteiger partial charge in [0.05, 0.1) is 32.5 Å². The molecule has 15 heavy (non-hydrogen) atoms. The Kier molecular flexibility index (Phi) is 10.3. The molecular weight excluding hydrogens is 194 g/mol. The van der Waals surface area contributed by atoms with Crippen LogP contribution in [0.2, 0.25) is 0 Å². The Labute approximate surface area is 93.1 Å². The summed E-state index contributed by atoms with van der Waals surface area (Å²) >= 11 is 0. The van der Waals surface area contributed by atoms with Gasteiger partial charge in [0.15, 0.2) is 0 Å². The molecule has 4 nitrogen and oxygen atoms in total. The zero-order valence-electron chi connectivity index (χ0n) is 10.2. The second kappa shape index (κ2) is 10.4. The monoisotopic (exact) mass is 219 g/mol. The summed E-state index contributed by atoms with van der Waals surface area (Å²) in [7, 11) is 0. The number of ether oxygens (including phenoxy) is 3. The molecule has 0 aliphatic heterocycles. The van der Waals surface area contributed by atoms with E-state index >= 15 is 0 Å². The van der Waals surface area contributed by atoms with Gasteiger partial charge in [0.1, 0.15) is 0 Å². The van der Waals surface area contributed by atoms with Crippen LogP contribution in [-0.4, -0.2) is 45.2 Å². The van der Waals surface area contributed by atoms with Crippen LogP contribution in [0.25, 0.3) is 0 Å². The van der Waals surface area contributed by atoms with Crippen LogP contribution in [0.15, 0.2) is 0 Å². The molecule has 0 fully saturated rings. The highest BCUT2D eigenvalue weighted by molar-refractivity contribution is 4.50. The minimum absolute atomic E-state index is 0.0929. The molecule has 0 heterocycles. The molecule has 0 aromatic heterocycles. The molecule has 0 aromatic carbocycles. The highest BCUT2D eigenvalue weighted by Crippen LogP contribution is 1.93. The predicted molar refractivity (Wildman–Crippen MR) is 61.0 cm³/mol. The van der Waals surface area contributed by atoms with E-state index in [9.17, 15) is 0 Å². The molecule has 0 spiro atoms. The average Bonchev–Trinajstić information content (AvgIpc) is 2.17. The van der Waals surface area contributed by atoms with Crippen molar-refractivity contribution in [3.8, 4) is 0 Å². The van der Waals surface area contributed by atoms with Crippen molar-refractivity contribution in [1.29, 1.82) is 0 Å². The summed E-state index contributed by atoms with van der Waals surface area (Å²) in [5, 5.41) is 0. The molecule has 0 aromatic rings. The quantitative estimate of drug-likeness (QED) is 0.561. The van der Waals surface area contributed by atoms with Gasteiger partial charge in [0.25, 0.3) is 0 Å². The number of hydrogen-bond donors (Lipinski definition) is 1. The second-order valence-electron chi connectivity index (χ2n) is 3.81. The maximum absolute atomic E-state index is 5.53. The van der Waals surface area contributed by atoms with Gasteiger partial charge in [0, 0.05) is 12.6 Å². The predicted octanol–water partition coefficient (Wildman–Crippen LogP) is 1.18. The van der Waals surface area contributed by atoms with E-state index in [1.54, 1.807) is 0 Å². The highest BCUT2D eigenvalue weighted by Gasteiger charge is 2.01. The Morgan fingerprint density at radius 1 is 1.00 bits per heavy atom. The Bertz CT molecular complexity index is 131. The van der Waals surface area contributed by atoms with Crippen LogP contribution in [0.5, 0.6) is 0 Å². The van der Waals surface area contributed by atoms with Gasteiger partial charge in [-0.05, 0) is 20.3 Å². The van der Waals surface area contributed by atoms with Gasteiger partial charge < -0.3 is 19.9 Å². The lowest BCUT2D eigenvalue weighted by Crippen LogP contribution is -2.24. The Morgan fingerprint density at radius 2 is 1.67 bits per heavy atom. The molecule has 92 valence electrons. The largest absolute Gasteiger partial charge is 0.379 e. The molecule has 0 saturated heterocycles. The fraction of sp³-hybridized carbons (Fsp3) is 1.00. The van der Waals surface area contributed by atoms with Crippen LogP contribution in [0.1, 0.15) is 27.2 Å². The Balaban J connectivity index is 3.13. The molecule has 0 rings (SSSR count). The molecule has 0 radical (unpaired) electrons. The third-order valence-electron chi connectivity index (χ3n) is 1.71. The third kappa shape index (κ3) is 11.8. The van der Waals surface area contributed by atoms with Crippen LogP contribution in [0.3, 0.4) is 0 Å². The normalized spacial score (nSPS) is 15.2. The molecule has 0 aliphatic rings. The van der Waals surface area contributed by atoms with E-state index in [1.165, 1.54) is 0 Å². The highest BCUT2D eigenvalue weighted by atomic mass is 16.5. The van der Waals surface area contributed by atoms with E-state index < -0.39 is 0 Å². The van der Waals surface area contributed by atoms with Crippen molar-refractivity contribution in [1.82, 2.24) is 0 Å². The summed E-state index contributed by atoms with van der Waals surface area (Å²) in [5.41, 5.74) is 5.53. The van der Waals surface area contributed by atoms with Gasteiger partial charge in [-0.3, -0.25) is 0 Å². The molecule has 2 N–H and O–H groups in total. The van der Waals surface area contributed by atoms with E-state index in [4.69, 9.17) is 19.9 Å². The van der Waals surface area contributed by atoms with Crippen LogP contribution >= 0.6 is 0 Å². The van der Waals surface area contributed by atoms with E-state index in [2.05, 4.69) is 6.92 Å². The molecule has 2 unspecified atom stereocenters. The fourth-order valence-electron chi connectivity index (χ4n) is 1.02. The van der Waals surface area contributed by atoms with Crippen LogP contribution in [0.4, 0.5) is 0 Å². The molecule has 4 heteroatoms. The van der Waals surface area contributed by atoms with Gasteiger partial charge in [-0.15, -0.1) is 0 Å². The lowest BCUT2D eigenvalue weighted by atomic mass is 10.4. The van der Waals surface area contributed by atoms with Gasteiger partial charge >= 0.3 is 0 Å². The third-order valence-corrected chi connectivity index (χ3v) is 1.71. The zero-order valence-corrected chi connectivity index (χ0v) is 10.2. The molecule has 0 aliphatic carbocycles. The van der Waals surface area contributed by atoms with E-state index in [0.29, 0.717) is 26.4 Å². The minimum Gasteiger partial charge on any atom is -0.379 e.